The van der Waals surface area contributed by atoms with Gasteiger partial charge in [-0.1, -0.05) is 32.0 Å². The summed E-state index contributed by atoms with van der Waals surface area (Å²) in [5, 5.41) is 10.6. The van der Waals surface area contributed by atoms with E-state index in [0.717, 1.165) is 19.6 Å². The highest BCUT2D eigenvalue weighted by atomic mass is 19.1. The zero-order valence-electron chi connectivity index (χ0n) is 17.5. The molecule has 0 bridgehead atoms. The molecule has 0 saturated carbocycles. The zero-order valence-corrected chi connectivity index (χ0v) is 17.5. The van der Waals surface area contributed by atoms with Gasteiger partial charge in [0, 0.05) is 12.1 Å². The Hall–Kier alpha value is -2.93. The van der Waals surface area contributed by atoms with Crippen molar-refractivity contribution in [2.24, 2.45) is 0 Å². The predicted octanol–water partition coefficient (Wildman–Crippen LogP) is 4.04. The number of ketones is 1. The minimum atomic E-state index is -1.01. The van der Waals surface area contributed by atoms with Crippen LogP contribution in [0.4, 0.5) is 4.39 Å². The minimum Gasteiger partial charge on any atom is -0.503 e. The molecule has 1 unspecified atom stereocenters. The number of hydrogen-bond donors (Lipinski definition) is 1. The quantitative estimate of drug-likeness (QED) is 0.627. The zero-order chi connectivity index (χ0) is 21.8. The lowest BCUT2D eigenvalue weighted by Crippen LogP contribution is -2.35. The topological polar surface area (TPSA) is 74.0 Å². The molecule has 0 saturated heterocycles. The number of amides is 1. The van der Waals surface area contributed by atoms with E-state index in [0.29, 0.717) is 12.2 Å². The van der Waals surface area contributed by atoms with E-state index in [4.69, 9.17) is 4.42 Å². The van der Waals surface area contributed by atoms with Crippen LogP contribution in [0.15, 0.2) is 52.1 Å². The fourth-order valence-electron chi connectivity index (χ4n) is 3.83. The van der Waals surface area contributed by atoms with Crippen LogP contribution in [0, 0.1) is 12.7 Å². The SMILES string of the molecule is CCN(CC)CCCN1C(=O)C(O)=C(C(=O)c2ccc(C)o2)C1c1ccccc1F. The van der Waals surface area contributed by atoms with Gasteiger partial charge in [-0.3, -0.25) is 9.59 Å². The van der Waals surface area contributed by atoms with Crippen molar-refractivity contribution >= 4 is 11.7 Å². The number of rotatable bonds is 9. The fourth-order valence-corrected chi connectivity index (χ4v) is 3.83. The summed E-state index contributed by atoms with van der Waals surface area (Å²) >= 11 is 0. The van der Waals surface area contributed by atoms with Crippen LogP contribution >= 0.6 is 0 Å². The fraction of sp³-hybridized carbons (Fsp3) is 0.391. The van der Waals surface area contributed by atoms with Crippen molar-refractivity contribution in [3.8, 4) is 0 Å². The highest BCUT2D eigenvalue weighted by molar-refractivity contribution is 6.15. The number of benzene rings is 1. The number of aliphatic hydroxyl groups is 1. The molecule has 0 radical (unpaired) electrons. The van der Waals surface area contributed by atoms with Crippen molar-refractivity contribution in [3.05, 3.63) is 70.6 Å². The number of hydrogen-bond acceptors (Lipinski definition) is 5. The molecule has 1 amide bonds. The Labute approximate surface area is 175 Å². The maximum Gasteiger partial charge on any atom is 0.290 e. The van der Waals surface area contributed by atoms with Crippen molar-refractivity contribution in [1.82, 2.24) is 9.80 Å². The van der Waals surface area contributed by atoms with Gasteiger partial charge in [0.05, 0.1) is 11.6 Å². The summed E-state index contributed by atoms with van der Waals surface area (Å²) in [6.07, 6.45) is 0.632. The van der Waals surface area contributed by atoms with Gasteiger partial charge in [-0.2, -0.15) is 0 Å². The Morgan fingerprint density at radius 1 is 1.20 bits per heavy atom. The molecule has 1 atom stereocenters. The van der Waals surface area contributed by atoms with Gasteiger partial charge in [-0.15, -0.1) is 0 Å². The second-order valence-corrected chi connectivity index (χ2v) is 7.30. The molecule has 1 aliphatic heterocycles. The molecular formula is C23H27FN2O4. The van der Waals surface area contributed by atoms with Crippen molar-refractivity contribution in [1.29, 1.82) is 0 Å². The number of halogens is 1. The smallest absolute Gasteiger partial charge is 0.290 e. The molecule has 2 heterocycles. The number of furan rings is 1. The first-order valence-corrected chi connectivity index (χ1v) is 10.2. The second-order valence-electron chi connectivity index (χ2n) is 7.30. The third-order valence-electron chi connectivity index (χ3n) is 5.48. The molecule has 160 valence electrons. The van der Waals surface area contributed by atoms with Crippen molar-refractivity contribution < 1.29 is 23.5 Å². The monoisotopic (exact) mass is 414 g/mol. The lowest BCUT2D eigenvalue weighted by atomic mass is 9.94. The molecule has 7 heteroatoms. The number of aliphatic hydroxyl groups excluding tert-OH is 1. The molecule has 0 aliphatic carbocycles. The normalized spacial score (nSPS) is 16.8. The van der Waals surface area contributed by atoms with E-state index >= 15 is 0 Å². The molecule has 1 aromatic carbocycles. The maximum atomic E-state index is 14.7. The average molecular weight is 414 g/mol. The van der Waals surface area contributed by atoms with E-state index in [9.17, 15) is 19.1 Å². The number of nitrogens with zero attached hydrogens (tertiary/aromatic N) is 2. The molecule has 2 aromatic rings. The highest BCUT2D eigenvalue weighted by Crippen LogP contribution is 2.40. The van der Waals surface area contributed by atoms with Gasteiger partial charge in [-0.05, 0) is 51.2 Å². The van der Waals surface area contributed by atoms with E-state index in [1.165, 1.54) is 23.1 Å². The van der Waals surface area contributed by atoms with Gasteiger partial charge in [0.15, 0.2) is 11.5 Å². The average Bonchev–Trinajstić information content (AvgIpc) is 3.28. The van der Waals surface area contributed by atoms with Gasteiger partial charge in [-0.25, -0.2) is 4.39 Å². The van der Waals surface area contributed by atoms with Crippen LogP contribution in [-0.4, -0.2) is 52.8 Å². The Morgan fingerprint density at radius 3 is 2.50 bits per heavy atom. The lowest BCUT2D eigenvalue weighted by molar-refractivity contribution is -0.129. The van der Waals surface area contributed by atoms with Crippen molar-refractivity contribution in [2.75, 3.05) is 26.2 Å². The summed E-state index contributed by atoms with van der Waals surface area (Å²) in [7, 11) is 0. The molecule has 1 aliphatic rings. The minimum absolute atomic E-state index is 0.00757. The number of aryl methyl sites for hydroxylation is 1. The van der Waals surface area contributed by atoms with Crippen LogP contribution < -0.4 is 0 Å². The number of carbonyl (C=O) groups is 2. The molecule has 0 spiro atoms. The van der Waals surface area contributed by atoms with E-state index in [2.05, 4.69) is 18.7 Å². The van der Waals surface area contributed by atoms with Crippen LogP contribution in [0.2, 0.25) is 0 Å². The van der Waals surface area contributed by atoms with E-state index in [1.54, 1.807) is 25.1 Å². The Kier molecular flexibility index (Phi) is 6.72. The largest absolute Gasteiger partial charge is 0.503 e. The predicted molar refractivity (Wildman–Crippen MR) is 111 cm³/mol. The van der Waals surface area contributed by atoms with Gasteiger partial charge in [0.2, 0.25) is 5.78 Å². The third kappa shape index (κ3) is 4.16. The molecule has 30 heavy (non-hydrogen) atoms. The van der Waals surface area contributed by atoms with E-state index in [-0.39, 0.29) is 23.4 Å². The first-order chi connectivity index (χ1) is 14.4. The molecule has 3 rings (SSSR count). The van der Waals surface area contributed by atoms with Crippen LogP contribution in [0.5, 0.6) is 0 Å². The summed E-state index contributed by atoms with van der Waals surface area (Å²) in [5.41, 5.74) is 0.0201. The molecule has 1 N–H and O–H groups in total. The van der Waals surface area contributed by atoms with E-state index < -0.39 is 29.3 Å². The Morgan fingerprint density at radius 2 is 1.90 bits per heavy atom. The van der Waals surface area contributed by atoms with Crippen LogP contribution in [0.3, 0.4) is 0 Å². The Balaban J connectivity index is 1.97. The van der Waals surface area contributed by atoms with Crippen LogP contribution in [0.25, 0.3) is 0 Å². The molecular weight excluding hydrogens is 387 g/mol. The Bertz CT molecular complexity index is 962. The number of Topliss-reactive ketones (excluding diaryl/α,β-unsaturated/α-hetero) is 1. The van der Waals surface area contributed by atoms with Gasteiger partial charge < -0.3 is 19.3 Å². The van der Waals surface area contributed by atoms with Crippen molar-refractivity contribution in [2.45, 2.75) is 33.2 Å². The second kappa shape index (κ2) is 9.26. The maximum absolute atomic E-state index is 14.7. The van der Waals surface area contributed by atoms with Gasteiger partial charge in [0.1, 0.15) is 11.6 Å². The molecule has 1 aromatic heterocycles. The van der Waals surface area contributed by atoms with Crippen LogP contribution in [0.1, 0.15) is 48.2 Å². The van der Waals surface area contributed by atoms with Crippen LogP contribution in [-0.2, 0) is 4.79 Å². The highest BCUT2D eigenvalue weighted by Gasteiger charge is 2.45. The van der Waals surface area contributed by atoms with Gasteiger partial charge >= 0.3 is 0 Å². The third-order valence-corrected chi connectivity index (χ3v) is 5.48. The van der Waals surface area contributed by atoms with E-state index in [1.807, 2.05) is 0 Å². The standard InChI is InChI=1S/C23H27FN2O4/c1-4-25(5-2)13-8-14-26-20(16-9-6-7-10-17(16)24)19(22(28)23(26)29)21(27)18-12-11-15(3)30-18/h6-7,9-12,20,28H,4-5,8,13-14H2,1-3H3. The summed E-state index contributed by atoms with van der Waals surface area (Å²) in [4.78, 5) is 29.6. The first kappa shape index (κ1) is 21.8. The summed E-state index contributed by atoms with van der Waals surface area (Å²) in [5.74, 6) is -1.94. The first-order valence-electron chi connectivity index (χ1n) is 10.2. The lowest BCUT2D eigenvalue weighted by Gasteiger charge is -2.28. The summed E-state index contributed by atoms with van der Waals surface area (Å²) < 4.78 is 20.1. The molecule has 0 fully saturated rings. The molecule has 6 nitrogen and oxygen atoms in total. The van der Waals surface area contributed by atoms with Gasteiger partial charge in [0.25, 0.3) is 5.91 Å². The summed E-state index contributed by atoms with van der Waals surface area (Å²) in [6, 6.07) is 8.11. The number of carbonyl (C=O) groups excluding carboxylic acids is 2. The summed E-state index contributed by atoms with van der Waals surface area (Å²) in [6.45, 7) is 8.61. The van der Waals surface area contributed by atoms with Crippen molar-refractivity contribution in [3.63, 3.8) is 0 Å².